The van der Waals surface area contributed by atoms with Gasteiger partial charge in [0.05, 0.1) is 15.8 Å². The summed E-state index contributed by atoms with van der Waals surface area (Å²) < 4.78 is 43.6. The molecule has 0 saturated heterocycles. The van der Waals surface area contributed by atoms with E-state index in [0.717, 1.165) is 43.5 Å². The van der Waals surface area contributed by atoms with Crippen molar-refractivity contribution in [3.05, 3.63) is 142 Å². The third-order valence-electron chi connectivity index (χ3n) is 7.71. The second-order valence-electron chi connectivity index (χ2n) is 10.9. The molecule has 6 rings (SSSR count). The summed E-state index contributed by atoms with van der Waals surface area (Å²) in [7, 11) is 2.08. The summed E-state index contributed by atoms with van der Waals surface area (Å²) in [4.78, 5) is 23.9. The summed E-state index contributed by atoms with van der Waals surface area (Å²) in [6, 6.07) is 16.0. The number of aromatic nitrogens is 2. The van der Waals surface area contributed by atoms with Gasteiger partial charge in [-0.2, -0.15) is 0 Å². The summed E-state index contributed by atoms with van der Waals surface area (Å²) >= 11 is 2.15. The Morgan fingerprint density at radius 2 is 1.76 bits per heavy atom. The predicted molar refractivity (Wildman–Crippen MR) is 180 cm³/mol. The minimum atomic E-state index is -0.973. The molecule has 1 atom stereocenters. The molecule has 12 heteroatoms. The first-order valence-electron chi connectivity index (χ1n) is 14.4. The molecule has 8 nitrogen and oxygen atoms in total. The second kappa shape index (κ2) is 13.4. The van der Waals surface area contributed by atoms with Crippen molar-refractivity contribution in [1.82, 2.24) is 19.9 Å². The SMILES string of the molecule is CN1CCc2ccc(Nc3ncc(F)c(/C(=C4\C=CC=CN4N)C(I)c4cccc(NC(=O)c5c(F)cccc5F)c4)n3)cc2C1. The zero-order chi connectivity index (χ0) is 32.4. The fourth-order valence-electron chi connectivity index (χ4n) is 5.43. The van der Waals surface area contributed by atoms with E-state index in [4.69, 9.17) is 5.84 Å². The molecule has 1 unspecified atom stereocenters. The molecule has 2 aliphatic rings. The normalized spacial score (nSPS) is 16.2. The van der Waals surface area contributed by atoms with Crippen LogP contribution < -0.4 is 16.5 Å². The van der Waals surface area contributed by atoms with Crippen LogP contribution in [0.25, 0.3) is 5.57 Å². The molecule has 0 fully saturated rings. The molecule has 0 radical (unpaired) electrons. The lowest BCUT2D eigenvalue weighted by atomic mass is 9.98. The van der Waals surface area contributed by atoms with Crippen LogP contribution in [0, 0.1) is 17.5 Å². The van der Waals surface area contributed by atoms with Gasteiger partial charge in [-0.3, -0.25) is 9.80 Å². The van der Waals surface area contributed by atoms with E-state index in [0.29, 0.717) is 22.5 Å². The number of benzene rings is 3. The van der Waals surface area contributed by atoms with Crippen LogP contribution >= 0.6 is 22.6 Å². The van der Waals surface area contributed by atoms with Gasteiger partial charge in [0.1, 0.15) is 22.9 Å². The first-order valence-corrected chi connectivity index (χ1v) is 15.6. The molecule has 4 aromatic rings. The lowest BCUT2D eigenvalue weighted by Crippen LogP contribution is -2.26. The van der Waals surface area contributed by atoms with Crippen LogP contribution in [-0.2, 0) is 13.0 Å². The number of allylic oxidation sites excluding steroid dienone is 4. The van der Waals surface area contributed by atoms with Crippen LogP contribution in [0.15, 0.2) is 97.0 Å². The summed E-state index contributed by atoms with van der Waals surface area (Å²) in [5, 5.41) is 7.16. The number of rotatable bonds is 7. The van der Waals surface area contributed by atoms with E-state index in [2.05, 4.69) is 67.3 Å². The number of nitrogens with zero attached hydrogens (tertiary/aromatic N) is 4. The largest absolute Gasteiger partial charge is 0.324 e. The maximum atomic E-state index is 15.7. The zero-order valence-corrected chi connectivity index (χ0v) is 26.8. The minimum absolute atomic E-state index is 0.0304. The Bertz CT molecular complexity index is 1890. The third-order valence-corrected chi connectivity index (χ3v) is 9.05. The number of fused-ring (bicyclic) bond motifs is 1. The molecular formula is C34H29F3IN7O. The highest BCUT2D eigenvalue weighted by atomic mass is 127. The van der Waals surface area contributed by atoms with Crippen molar-refractivity contribution in [3.8, 4) is 0 Å². The Kier molecular flexibility index (Phi) is 9.20. The maximum absolute atomic E-state index is 15.7. The lowest BCUT2D eigenvalue weighted by molar-refractivity contribution is 0.101. The van der Waals surface area contributed by atoms with Gasteiger partial charge < -0.3 is 15.5 Å². The summed E-state index contributed by atoms with van der Waals surface area (Å²) in [6.07, 6.45) is 9.01. The smallest absolute Gasteiger partial charge is 0.261 e. The van der Waals surface area contributed by atoms with E-state index in [1.54, 1.807) is 48.7 Å². The Balaban J connectivity index is 1.35. The quantitative estimate of drug-likeness (QED) is 0.107. The second-order valence-corrected chi connectivity index (χ2v) is 12.2. The number of hydrogen-bond donors (Lipinski definition) is 3. The van der Waals surface area contributed by atoms with Crippen LogP contribution in [0.1, 0.15) is 36.7 Å². The van der Waals surface area contributed by atoms with Crippen molar-refractivity contribution in [2.24, 2.45) is 5.84 Å². The van der Waals surface area contributed by atoms with Gasteiger partial charge in [-0.15, -0.1) is 0 Å². The average Bonchev–Trinajstić information content (AvgIpc) is 3.03. The fraction of sp³-hybridized carbons (Fsp3) is 0.147. The molecule has 1 amide bonds. The van der Waals surface area contributed by atoms with Crippen LogP contribution in [-0.4, -0.2) is 39.4 Å². The maximum Gasteiger partial charge on any atom is 0.261 e. The fourth-order valence-corrected chi connectivity index (χ4v) is 6.43. The van der Waals surface area contributed by atoms with Gasteiger partial charge in [-0.25, -0.2) is 29.0 Å². The van der Waals surface area contributed by atoms with Crippen molar-refractivity contribution in [1.29, 1.82) is 0 Å². The van der Waals surface area contributed by atoms with E-state index in [-0.39, 0.29) is 11.6 Å². The van der Waals surface area contributed by atoms with Crippen LogP contribution in [0.5, 0.6) is 0 Å². The van der Waals surface area contributed by atoms with Gasteiger partial charge in [0, 0.05) is 36.2 Å². The molecule has 0 bridgehead atoms. The predicted octanol–water partition coefficient (Wildman–Crippen LogP) is 7.02. The van der Waals surface area contributed by atoms with Crippen molar-refractivity contribution < 1.29 is 18.0 Å². The number of anilines is 3. The van der Waals surface area contributed by atoms with E-state index < -0.39 is 32.8 Å². The highest BCUT2D eigenvalue weighted by Crippen LogP contribution is 2.42. The summed E-state index contributed by atoms with van der Waals surface area (Å²) in [5.41, 5.74) is 4.51. The van der Waals surface area contributed by atoms with Crippen molar-refractivity contribution >= 4 is 51.4 Å². The van der Waals surface area contributed by atoms with Crippen LogP contribution in [0.4, 0.5) is 30.5 Å². The van der Waals surface area contributed by atoms with Crippen LogP contribution in [0.2, 0.25) is 0 Å². The number of carbonyl (C=O) groups excluding carboxylic acids is 1. The number of carbonyl (C=O) groups is 1. The third kappa shape index (κ3) is 6.69. The van der Waals surface area contributed by atoms with E-state index >= 15 is 4.39 Å². The summed E-state index contributed by atoms with van der Waals surface area (Å²) in [5.74, 6) is 3.00. The standard InChI is InChI=1S/C34H29F3IN7O/c1-44-15-13-20-11-12-24(17-22(20)19-44)42-34-40-18-27(37)32(43-34)30(28-10-2-3-14-45(28)39)31(38)21-6-4-7-23(16-21)41-33(46)29-25(35)8-5-9-26(29)36/h2-12,14,16-18,31H,13,15,19,39H2,1H3,(H,41,46)(H,40,42,43)/b30-28+. The van der Waals surface area contributed by atoms with E-state index in [9.17, 15) is 13.6 Å². The van der Waals surface area contributed by atoms with Gasteiger partial charge in [0.2, 0.25) is 5.95 Å². The summed E-state index contributed by atoms with van der Waals surface area (Å²) in [6.45, 7) is 1.83. The number of likely N-dealkylation sites (N-methyl/N-ethyl adjacent to an activating group) is 1. The number of alkyl halides is 1. The molecule has 3 aromatic carbocycles. The van der Waals surface area contributed by atoms with Gasteiger partial charge in [-0.05, 0) is 78.7 Å². The Morgan fingerprint density at radius 1 is 0.978 bits per heavy atom. The average molecular weight is 736 g/mol. The van der Waals surface area contributed by atoms with Gasteiger partial charge in [-0.1, -0.05) is 52.9 Å². The Morgan fingerprint density at radius 3 is 2.54 bits per heavy atom. The molecular weight excluding hydrogens is 706 g/mol. The molecule has 46 heavy (non-hydrogen) atoms. The molecule has 4 N–H and O–H groups in total. The molecule has 234 valence electrons. The van der Waals surface area contributed by atoms with Gasteiger partial charge in [0.25, 0.3) is 5.91 Å². The first-order chi connectivity index (χ1) is 22.2. The van der Waals surface area contributed by atoms with Crippen molar-refractivity contribution in [2.45, 2.75) is 16.9 Å². The van der Waals surface area contributed by atoms with Gasteiger partial charge in [0.15, 0.2) is 5.82 Å². The molecule has 0 spiro atoms. The Labute approximate surface area is 277 Å². The van der Waals surface area contributed by atoms with Crippen LogP contribution in [0.3, 0.4) is 0 Å². The number of amides is 1. The number of hydrazine groups is 1. The molecule has 0 aliphatic carbocycles. The monoisotopic (exact) mass is 735 g/mol. The topological polar surface area (TPSA) is 99.4 Å². The van der Waals surface area contributed by atoms with E-state index in [1.807, 2.05) is 6.07 Å². The first kappa shape index (κ1) is 31.5. The highest BCUT2D eigenvalue weighted by molar-refractivity contribution is 14.1. The molecule has 0 saturated carbocycles. The molecule has 1 aromatic heterocycles. The number of nitrogens with one attached hydrogen (secondary N) is 2. The Hall–Kier alpha value is -4.53. The highest BCUT2D eigenvalue weighted by Gasteiger charge is 2.27. The lowest BCUT2D eigenvalue weighted by Gasteiger charge is -2.26. The van der Waals surface area contributed by atoms with Gasteiger partial charge >= 0.3 is 0 Å². The van der Waals surface area contributed by atoms with E-state index in [1.165, 1.54) is 22.2 Å². The zero-order valence-electron chi connectivity index (χ0n) is 24.6. The minimum Gasteiger partial charge on any atom is -0.324 e. The number of nitrogens with two attached hydrogens (primary N) is 1. The van der Waals surface area contributed by atoms with Crippen molar-refractivity contribution in [3.63, 3.8) is 0 Å². The number of hydrogen-bond acceptors (Lipinski definition) is 7. The molecule has 3 heterocycles. The molecule has 2 aliphatic heterocycles. The number of halogens is 4. The van der Waals surface area contributed by atoms with Crippen molar-refractivity contribution in [2.75, 3.05) is 24.2 Å².